The first-order chi connectivity index (χ1) is 22.6. The summed E-state index contributed by atoms with van der Waals surface area (Å²) in [5.74, 6) is 0. The molecule has 0 bridgehead atoms. The van der Waals surface area contributed by atoms with Gasteiger partial charge < -0.3 is 4.90 Å². The van der Waals surface area contributed by atoms with E-state index in [1.807, 2.05) is 0 Å². The van der Waals surface area contributed by atoms with Crippen LogP contribution in [0.2, 0.25) is 0 Å². The maximum Gasteiger partial charge on any atom is 0.102 e. The molecule has 6 aromatic rings. The van der Waals surface area contributed by atoms with E-state index in [1.165, 1.54) is 36.7 Å². The van der Waals surface area contributed by atoms with Crippen LogP contribution in [0.25, 0.3) is 0 Å². The number of nitrogens with zero attached hydrogens (tertiary/aromatic N) is 1. The van der Waals surface area contributed by atoms with Crippen molar-refractivity contribution in [1.82, 2.24) is 4.90 Å². The van der Waals surface area contributed by atoms with Crippen LogP contribution >= 0.6 is 34.9 Å². The summed E-state index contributed by atoms with van der Waals surface area (Å²) in [6, 6.07) is 65.0. The van der Waals surface area contributed by atoms with Crippen LogP contribution in [-0.2, 0) is 20.7 Å². The molecule has 0 fully saturated rings. The van der Waals surface area contributed by atoms with Gasteiger partial charge in [0.15, 0.2) is 0 Å². The third-order valence-corrected chi connectivity index (χ3v) is 12.0. The average molecular weight is 777 g/mol. The molecular formula is C39H39Cl2NOP2Pd+2. The van der Waals surface area contributed by atoms with Crippen LogP contribution in [0.4, 0.5) is 0 Å². The molecule has 0 atom stereocenters. The first-order valence-electron chi connectivity index (χ1n) is 14.6. The zero-order chi connectivity index (χ0) is 32.8. The summed E-state index contributed by atoms with van der Waals surface area (Å²) in [6.07, 6.45) is 0.750. The molecule has 7 heteroatoms. The van der Waals surface area contributed by atoms with Crippen molar-refractivity contribution in [2.75, 3.05) is 14.1 Å². The Hall–Kier alpha value is -3.11. The van der Waals surface area contributed by atoms with Crippen molar-refractivity contribution in [2.24, 2.45) is 0 Å². The standard InChI is InChI=1S/2C18H15P.C3H7NO.2ClH.Pd/c2*1-4-10-16(11-5-1)19(17-12-6-2-7-13-17)18-14-8-3-9-15-18;1-4(2)3-5;;;/h2*1-15H;3H,1-2H3;2*1H;/q;;;;;+2. The molecular weight excluding hydrogens is 738 g/mol. The molecule has 2 nitrogen and oxygen atoms in total. The van der Waals surface area contributed by atoms with E-state index >= 15 is 0 Å². The number of amides is 1. The molecule has 6 rings (SSSR count). The fourth-order valence-corrected chi connectivity index (χ4v) is 9.78. The van der Waals surface area contributed by atoms with Gasteiger partial charge in [-0.25, -0.2) is 0 Å². The molecule has 0 aliphatic carbocycles. The molecule has 0 spiro atoms. The SMILES string of the molecule is CN(C)C=O.[Cl][Pd][Cl].c1ccc([PH+](c2ccccc2)c2ccccc2)cc1.c1ccc([PH+](c2ccccc2)c2ccccc2)cc1. The minimum atomic E-state index is -0.877. The summed E-state index contributed by atoms with van der Waals surface area (Å²) in [7, 11) is 11.2. The largest absolute Gasteiger partial charge is 0.102 e. The van der Waals surface area contributed by atoms with Crippen LogP contribution in [-0.4, -0.2) is 25.4 Å². The van der Waals surface area contributed by atoms with Crippen molar-refractivity contribution in [3.8, 4) is 0 Å². The van der Waals surface area contributed by atoms with Gasteiger partial charge in [0, 0.05) is 14.1 Å². The molecule has 0 saturated carbocycles. The van der Waals surface area contributed by atoms with Gasteiger partial charge in [-0.15, -0.1) is 0 Å². The second-order valence-electron chi connectivity index (χ2n) is 10.1. The van der Waals surface area contributed by atoms with Crippen LogP contribution in [0.1, 0.15) is 0 Å². The van der Waals surface area contributed by atoms with Gasteiger partial charge in [0.1, 0.15) is 31.8 Å². The molecule has 1 amide bonds. The van der Waals surface area contributed by atoms with Crippen molar-refractivity contribution in [2.45, 2.75) is 0 Å². The number of carbonyl (C=O) groups is 1. The smallest absolute Gasteiger partial charge is 0.0620 e. The number of benzene rings is 6. The van der Waals surface area contributed by atoms with Crippen LogP contribution in [0, 0.1) is 0 Å². The van der Waals surface area contributed by atoms with E-state index in [4.69, 9.17) is 19.1 Å². The summed E-state index contributed by atoms with van der Waals surface area (Å²) >= 11 is -0.106. The zero-order valence-electron chi connectivity index (χ0n) is 25.8. The Bertz CT molecular complexity index is 1310. The first kappa shape index (κ1) is 37.4. The molecule has 0 heterocycles. The van der Waals surface area contributed by atoms with E-state index in [0.717, 1.165) is 6.41 Å². The van der Waals surface area contributed by atoms with Crippen LogP contribution < -0.4 is 31.8 Å². The Balaban J connectivity index is 0.000000204. The van der Waals surface area contributed by atoms with E-state index in [2.05, 4.69) is 182 Å². The Morgan fingerprint density at radius 2 is 0.543 bits per heavy atom. The van der Waals surface area contributed by atoms with Gasteiger partial charge >= 0.3 is 35.0 Å². The molecule has 0 aliphatic rings. The number of carbonyl (C=O) groups excluding carboxylic acids is 1. The Morgan fingerprint density at radius 3 is 0.652 bits per heavy atom. The van der Waals surface area contributed by atoms with Gasteiger partial charge in [0.25, 0.3) is 0 Å². The second kappa shape index (κ2) is 22.4. The number of rotatable bonds is 7. The third kappa shape index (κ3) is 12.9. The van der Waals surface area contributed by atoms with Crippen molar-refractivity contribution in [1.29, 1.82) is 0 Å². The van der Waals surface area contributed by atoms with Gasteiger partial charge in [0.05, 0.1) is 15.8 Å². The maximum atomic E-state index is 9.43. The fraction of sp³-hybridized carbons (Fsp3) is 0.0513. The molecule has 0 saturated heterocycles. The van der Waals surface area contributed by atoms with Crippen molar-refractivity contribution in [3.05, 3.63) is 182 Å². The topological polar surface area (TPSA) is 20.3 Å². The molecule has 0 radical (unpaired) electrons. The second-order valence-corrected chi connectivity index (χ2v) is 17.4. The Kier molecular flexibility index (Phi) is 18.2. The van der Waals surface area contributed by atoms with E-state index in [-0.39, 0.29) is 15.9 Å². The maximum absolute atomic E-state index is 9.43. The van der Waals surface area contributed by atoms with Crippen LogP contribution in [0.3, 0.4) is 0 Å². The zero-order valence-corrected chi connectivity index (χ0v) is 30.9. The molecule has 46 heavy (non-hydrogen) atoms. The average Bonchev–Trinajstić information content (AvgIpc) is 3.12. The van der Waals surface area contributed by atoms with Crippen LogP contribution in [0.15, 0.2) is 182 Å². The molecule has 0 N–H and O–H groups in total. The van der Waals surface area contributed by atoms with E-state index in [0.29, 0.717) is 0 Å². The molecule has 238 valence electrons. The summed E-state index contributed by atoms with van der Waals surface area (Å²) in [5, 5.41) is 8.61. The predicted octanol–water partition coefficient (Wildman–Crippen LogP) is 7.44. The molecule has 0 unspecified atom stereocenters. The summed E-state index contributed by atoms with van der Waals surface area (Å²) < 4.78 is 0. The van der Waals surface area contributed by atoms with E-state index in [9.17, 15) is 4.79 Å². The van der Waals surface area contributed by atoms with Gasteiger partial charge in [-0.05, 0) is 72.8 Å². The summed E-state index contributed by atoms with van der Waals surface area (Å²) in [5.41, 5.74) is 0. The molecule has 0 aliphatic heterocycles. The number of hydrogen-bond donors (Lipinski definition) is 0. The van der Waals surface area contributed by atoms with Gasteiger partial charge in [0.2, 0.25) is 6.41 Å². The molecule has 6 aromatic carbocycles. The minimum absolute atomic E-state index is 0.106. The van der Waals surface area contributed by atoms with Crippen molar-refractivity contribution in [3.63, 3.8) is 0 Å². The number of hydrogen-bond acceptors (Lipinski definition) is 1. The normalized spacial score (nSPS) is 9.96. The Morgan fingerprint density at radius 1 is 0.413 bits per heavy atom. The Labute approximate surface area is 293 Å². The third-order valence-electron chi connectivity index (χ3n) is 6.59. The van der Waals surface area contributed by atoms with Gasteiger partial charge in [-0.1, -0.05) is 109 Å². The summed E-state index contributed by atoms with van der Waals surface area (Å²) in [4.78, 5) is 10.9. The van der Waals surface area contributed by atoms with Crippen LogP contribution in [0.5, 0.6) is 0 Å². The minimum Gasteiger partial charge on any atom is -0.0620 e. The van der Waals surface area contributed by atoms with Crippen molar-refractivity contribution < 1.29 is 20.7 Å². The van der Waals surface area contributed by atoms with E-state index in [1.54, 1.807) is 14.1 Å². The monoisotopic (exact) mass is 775 g/mol. The van der Waals surface area contributed by atoms with Crippen molar-refractivity contribution >= 4 is 73.1 Å². The first-order valence-corrected chi connectivity index (χ1v) is 21.6. The predicted molar refractivity (Wildman–Crippen MR) is 205 cm³/mol. The fourth-order valence-electron chi connectivity index (χ4n) is 4.63. The quantitative estimate of drug-likeness (QED) is 0.0939. The summed E-state index contributed by atoms with van der Waals surface area (Å²) in [6.45, 7) is 0. The van der Waals surface area contributed by atoms with Gasteiger partial charge in [-0.3, -0.25) is 4.79 Å². The number of halogens is 2. The van der Waals surface area contributed by atoms with Gasteiger partial charge in [-0.2, -0.15) is 0 Å². The molecule has 0 aromatic heterocycles. The van der Waals surface area contributed by atoms with E-state index < -0.39 is 15.8 Å².